The minimum Gasteiger partial charge on any atom is -0.354 e. The van der Waals surface area contributed by atoms with E-state index in [1.54, 1.807) is 6.07 Å². The maximum Gasteiger partial charge on any atom is 0.239 e. The molecule has 1 aliphatic rings. The molecule has 1 saturated heterocycles. The number of nitrogens with zero attached hydrogens (tertiary/aromatic N) is 2. The first-order chi connectivity index (χ1) is 7.57. The van der Waals surface area contributed by atoms with Crippen LogP contribution < -0.4 is 15.4 Å². The number of nitrogens with one attached hydrogen (secondary N) is 1. The van der Waals surface area contributed by atoms with Crippen molar-refractivity contribution in [2.75, 3.05) is 31.1 Å². The van der Waals surface area contributed by atoms with E-state index in [9.17, 15) is 8.42 Å². The summed E-state index contributed by atoms with van der Waals surface area (Å²) in [6, 6.07) is 3.17. The highest BCUT2D eigenvalue weighted by Gasteiger charge is 2.13. The van der Waals surface area contributed by atoms with Gasteiger partial charge in [-0.1, -0.05) is 0 Å². The van der Waals surface area contributed by atoms with Crippen molar-refractivity contribution < 1.29 is 8.42 Å². The third-order valence-electron chi connectivity index (χ3n) is 2.49. The van der Waals surface area contributed by atoms with Gasteiger partial charge >= 0.3 is 0 Å². The molecule has 0 amide bonds. The number of nitrogens with two attached hydrogens (primary N) is 1. The molecule has 16 heavy (non-hydrogen) atoms. The van der Waals surface area contributed by atoms with Crippen LogP contribution in [0.4, 0.5) is 5.82 Å². The molecule has 2 heterocycles. The largest absolute Gasteiger partial charge is 0.354 e. The number of rotatable bonds is 2. The number of sulfonamides is 1. The van der Waals surface area contributed by atoms with Gasteiger partial charge in [0.25, 0.3) is 0 Å². The van der Waals surface area contributed by atoms with Gasteiger partial charge in [0, 0.05) is 32.4 Å². The second kappa shape index (κ2) is 4.36. The maximum atomic E-state index is 11.0. The quantitative estimate of drug-likeness (QED) is 0.704. The average Bonchev–Trinajstić information content (AvgIpc) is 2.29. The molecule has 0 radical (unpaired) electrons. The third kappa shape index (κ3) is 2.49. The van der Waals surface area contributed by atoms with Crippen LogP contribution in [0, 0.1) is 0 Å². The molecule has 1 aromatic rings. The van der Waals surface area contributed by atoms with Gasteiger partial charge in [-0.05, 0) is 12.1 Å². The minimum atomic E-state index is -3.64. The summed E-state index contributed by atoms with van der Waals surface area (Å²) in [5.41, 5.74) is 0. The maximum absolute atomic E-state index is 11.0. The Hall–Kier alpha value is -1.18. The molecule has 0 aromatic carbocycles. The fourth-order valence-corrected chi connectivity index (χ4v) is 2.08. The van der Waals surface area contributed by atoms with E-state index in [0.29, 0.717) is 0 Å². The smallest absolute Gasteiger partial charge is 0.239 e. The molecule has 2 rings (SSSR count). The van der Waals surface area contributed by atoms with Crippen LogP contribution >= 0.6 is 0 Å². The van der Waals surface area contributed by atoms with E-state index >= 15 is 0 Å². The van der Waals surface area contributed by atoms with E-state index < -0.39 is 10.0 Å². The highest BCUT2D eigenvalue weighted by atomic mass is 32.2. The van der Waals surface area contributed by atoms with Gasteiger partial charge in [0.1, 0.15) is 10.7 Å². The zero-order valence-electron chi connectivity index (χ0n) is 8.76. The molecule has 1 aliphatic heterocycles. The third-order valence-corrected chi connectivity index (χ3v) is 3.39. The summed E-state index contributed by atoms with van der Waals surface area (Å²) >= 11 is 0. The van der Waals surface area contributed by atoms with E-state index in [4.69, 9.17) is 5.14 Å². The normalized spacial score (nSPS) is 17.4. The Morgan fingerprint density at radius 2 is 2.00 bits per heavy atom. The molecular formula is C9H14N4O2S. The van der Waals surface area contributed by atoms with Crippen molar-refractivity contribution in [1.82, 2.24) is 10.3 Å². The van der Waals surface area contributed by atoms with Crippen molar-refractivity contribution in [3.05, 3.63) is 18.3 Å². The molecule has 0 bridgehead atoms. The van der Waals surface area contributed by atoms with Crippen LogP contribution in [-0.4, -0.2) is 39.6 Å². The predicted molar refractivity (Wildman–Crippen MR) is 60.7 cm³/mol. The minimum absolute atomic E-state index is 0.0476. The summed E-state index contributed by atoms with van der Waals surface area (Å²) < 4.78 is 22.1. The molecule has 1 aromatic heterocycles. The molecule has 88 valence electrons. The summed E-state index contributed by atoms with van der Waals surface area (Å²) in [6.45, 7) is 3.58. The number of hydrogen-bond donors (Lipinski definition) is 2. The molecule has 0 unspecified atom stereocenters. The standard InChI is InChI=1S/C9H14N4O2S/c10-16(14,15)8-1-2-9(12-7-8)13-5-3-11-4-6-13/h1-2,7,11H,3-6H2,(H2,10,14,15). The fraction of sp³-hybridized carbons (Fsp3) is 0.444. The first-order valence-electron chi connectivity index (χ1n) is 5.02. The predicted octanol–water partition coefficient (Wildman–Crippen LogP) is -0.861. The van der Waals surface area contributed by atoms with Crippen LogP contribution in [0.15, 0.2) is 23.2 Å². The summed E-state index contributed by atoms with van der Waals surface area (Å²) in [7, 11) is -3.64. The SMILES string of the molecule is NS(=O)(=O)c1ccc(N2CCNCC2)nc1. The van der Waals surface area contributed by atoms with Crippen molar-refractivity contribution in [3.63, 3.8) is 0 Å². The molecule has 0 spiro atoms. The highest BCUT2D eigenvalue weighted by molar-refractivity contribution is 7.89. The van der Waals surface area contributed by atoms with Crippen LogP contribution in [0.2, 0.25) is 0 Å². The molecule has 0 saturated carbocycles. The Morgan fingerprint density at radius 1 is 1.31 bits per heavy atom. The first kappa shape index (κ1) is 11.3. The van der Waals surface area contributed by atoms with Gasteiger partial charge in [0.15, 0.2) is 0 Å². The molecular weight excluding hydrogens is 228 g/mol. The summed E-state index contributed by atoms with van der Waals surface area (Å²) in [6.07, 6.45) is 1.30. The van der Waals surface area contributed by atoms with Crippen LogP contribution in [-0.2, 0) is 10.0 Å². The van der Waals surface area contributed by atoms with Crippen molar-refractivity contribution in [2.45, 2.75) is 4.90 Å². The Balaban J connectivity index is 2.18. The first-order valence-corrected chi connectivity index (χ1v) is 6.56. The van der Waals surface area contributed by atoms with Crippen LogP contribution in [0.25, 0.3) is 0 Å². The summed E-state index contributed by atoms with van der Waals surface area (Å²) in [4.78, 5) is 6.26. The monoisotopic (exact) mass is 242 g/mol. The number of anilines is 1. The molecule has 3 N–H and O–H groups in total. The number of primary sulfonamides is 1. The Kier molecular flexibility index (Phi) is 3.08. The van der Waals surface area contributed by atoms with Gasteiger partial charge in [0.05, 0.1) is 0 Å². The van der Waals surface area contributed by atoms with Gasteiger partial charge in [-0.15, -0.1) is 0 Å². The van der Waals surface area contributed by atoms with Crippen LogP contribution in [0.1, 0.15) is 0 Å². The number of pyridine rings is 1. The van der Waals surface area contributed by atoms with Gasteiger partial charge in [-0.2, -0.15) is 0 Å². The lowest BCUT2D eigenvalue weighted by atomic mass is 10.3. The van der Waals surface area contributed by atoms with E-state index in [0.717, 1.165) is 32.0 Å². The van der Waals surface area contributed by atoms with E-state index in [-0.39, 0.29) is 4.90 Å². The highest BCUT2D eigenvalue weighted by Crippen LogP contribution is 2.13. The van der Waals surface area contributed by atoms with Crippen molar-refractivity contribution in [1.29, 1.82) is 0 Å². The molecule has 1 fully saturated rings. The molecule has 0 aliphatic carbocycles. The molecule has 7 heteroatoms. The fourth-order valence-electron chi connectivity index (χ4n) is 1.62. The average molecular weight is 242 g/mol. The van der Waals surface area contributed by atoms with Crippen LogP contribution in [0.5, 0.6) is 0 Å². The summed E-state index contributed by atoms with van der Waals surface area (Å²) in [5, 5.41) is 8.23. The lowest BCUT2D eigenvalue weighted by Gasteiger charge is -2.28. The van der Waals surface area contributed by atoms with Gasteiger partial charge in [-0.3, -0.25) is 0 Å². The lowest BCUT2D eigenvalue weighted by molar-refractivity contribution is 0.584. The number of hydrogen-bond acceptors (Lipinski definition) is 5. The van der Waals surface area contributed by atoms with Crippen molar-refractivity contribution in [2.24, 2.45) is 5.14 Å². The van der Waals surface area contributed by atoms with Crippen molar-refractivity contribution >= 4 is 15.8 Å². The van der Waals surface area contributed by atoms with E-state index in [2.05, 4.69) is 15.2 Å². The number of piperazine rings is 1. The number of aromatic nitrogens is 1. The van der Waals surface area contributed by atoms with Gasteiger partial charge < -0.3 is 10.2 Å². The van der Waals surface area contributed by atoms with E-state index in [1.807, 2.05) is 0 Å². The molecule has 0 atom stereocenters. The second-order valence-electron chi connectivity index (χ2n) is 3.63. The Labute approximate surface area is 94.5 Å². The second-order valence-corrected chi connectivity index (χ2v) is 5.20. The summed E-state index contributed by atoms with van der Waals surface area (Å²) in [5.74, 6) is 0.786. The zero-order chi connectivity index (χ0) is 11.6. The van der Waals surface area contributed by atoms with Gasteiger partial charge in [-0.25, -0.2) is 18.5 Å². The van der Waals surface area contributed by atoms with Crippen molar-refractivity contribution in [3.8, 4) is 0 Å². The lowest BCUT2D eigenvalue weighted by Crippen LogP contribution is -2.43. The molecule has 6 nitrogen and oxygen atoms in total. The zero-order valence-corrected chi connectivity index (χ0v) is 9.57. The van der Waals surface area contributed by atoms with E-state index in [1.165, 1.54) is 12.3 Å². The van der Waals surface area contributed by atoms with Gasteiger partial charge in [0.2, 0.25) is 10.0 Å². The Morgan fingerprint density at radius 3 is 2.50 bits per heavy atom. The Bertz CT molecular complexity index is 451. The topological polar surface area (TPSA) is 88.3 Å². The van der Waals surface area contributed by atoms with Crippen LogP contribution in [0.3, 0.4) is 0 Å².